The van der Waals surface area contributed by atoms with Crippen LogP contribution in [-0.4, -0.2) is 35.5 Å². The summed E-state index contributed by atoms with van der Waals surface area (Å²) in [6.45, 7) is 2.35. The topological polar surface area (TPSA) is 108 Å². The lowest BCUT2D eigenvalue weighted by molar-refractivity contribution is -0.137. The van der Waals surface area contributed by atoms with Gasteiger partial charge in [0.15, 0.2) is 0 Å². The lowest BCUT2D eigenvalue weighted by Gasteiger charge is -2.17. The molecule has 7 heteroatoms. The van der Waals surface area contributed by atoms with Gasteiger partial charge < -0.3 is 21.1 Å². The number of anilines is 1. The van der Waals surface area contributed by atoms with Gasteiger partial charge in [0.05, 0.1) is 12.1 Å². The van der Waals surface area contributed by atoms with E-state index >= 15 is 0 Å². The molecular formula is C20H21N3O4. The molecule has 0 radical (unpaired) electrons. The molecule has 4 N–H and O–H groups in total. The molecule has 140 valence electrons. The Morgan fingerprint density at radius 1 is 1.04 bits per heavy atom. The maximum Gasteiger partial charge on any atom is 0.313 e. The molecule has 2 atom stereocenters. The first-order valence-corrected chi connectivity index (χ1v) is 8.75. The molecule has 27 heavy (non-hydrogen) atoms. The van der Waals surface area contributed by atoms with Gasteiger partial charge in [0.2, 0.25) is 0 Å². The molecule has 1 aliphatic carbocycles. The average Bonchev–Trinajstić information content (AvgIpc) is 2.98. The SMILES string of the molecule is CCNC(=O)c1ccc(NC(=O)C(=O)N[C@@H]2c3ccccc3C[C@H]2O)cc1. The number of nitrogens with one attached hydrogen (secondary N) is 3. The molecule has 3 amide bonds. The molecule has 0 saturated heterocycles. The van der Waals surface area contributed by atoms with Crippen LogP contribution in [0.15, 0.2) is 48.5 Å². The molecule has 0 aliphatic heterocycles. The van der Waals surface area contributed by atoms with E-state index in [1.807, 2.05) is 31.2 Å². The summed E-state index contributed by atoms with van der Waals surface area (Å²) in [6, 6.07) is 13.0. The van der Waals surface area contributed by atoms with E-state index in [1.54, 1.807) is 24.3 Å². The van der Waals surface area contributed by atoms with Crippen LogP contribution in [0.25, 0.3) is 0 Å². The maximum atomic E-state index is 12.2. The summed E-state index contributed by atoms with van der Waals surface area (Å²) in [6.07, 6.45) is -0.333. The highest BCUT2D eigenvalue weighted by Crippen LogP contribution is 2.31. The zero-order valence-electron chi connectivity index (χ0n) is 14.9. The van der Waals surface area contributed by atoms with Crippen LogP contribution in [0.4, 0.5) is 5.69 Å². The minimum absolute atomic E-state index is 0.206. The average molecular weight is 367 g/mol. The van der Waals surface area contributed by atoms with E-state index in [2.05, 4.69) is 16.0 Å². The minimum Gasteiger partial charge on any atom is -0.390 e. The van der Waals surface area contributed by atoms with Crippen LogP contribution in [0.1, 0.15) is 34.5 Å². The van der Waals surface area contributed by atoms with Gasteiger partial charge in [-0.05, 0) is 42.3 Å². The molecule has 0 bridgehead atoms. The summed E-state index contributed by atoms with van der Waals surface area (Å²) in [7, 11) is 0. The molecule has 0 fully saturated rings. The lowest BCUT2D eigenvalue weighted by atomic mass is 10.1. The van der Waals surface area contributed by atoms with E-state index in [1.165, 1.54) is 0 Å². The van der Waals surface area contributed by atoms with Gasteiger partial charge in [-0.25, -0.2) is 0 Å². The zero-order chi connectivity index (χ0) is 19.4. The van der Waals surface area contributed by atoms with Crippen LogP contribution < -0.4 is 16.0 Å². The molecule has 2 aromatic rings. The van der Waals surface area contributed by atoms with Crippen molar-refractivity contribution in [3.63, 3.8) is 0 Å². The monoisotopic (exact) mass is 367 g/mol. The number of aliphatic hydroxyl groups is 1. The first-order chi connectivity index (χ1) is 13.0. The van der Waals surface area contributed by atoms with Crippen molar-refractivity contribution in [2.45, 2.75) is 25.5 Å². The van der Waals surface area contributed by atoms with E-state index < -0.39 is 24.0 Å². The Hall–Kier alpha value is -3.19. The Kier molecular flexibility index (Phi) is 5.52. The normalized spacial score (nSPS) is 17.7. The Morgan fingerprint density at radius 3 is 2.44 bits per heavy atom. The van der Waals surface area contributed by atoms with Crippen LogP contribution in [0.5, 0.6) is 0 Å². The number of aliphatic hydroxyl groups excluding tert-OH is 1. The molecule has 0 spiro atoms. The summed E-state index contributed by atoms with van der Waals surface area (Å²) in [5.74, 6) is -1.87. The zero-order valence-corrected chi connectivity index (χ0v) is 14.9. The second-order valence-corrected chi connectivity index (χ2v) is 6.31. The van der Waals surface area contributed by atoms with Gasteiger partial charge in [-0.1, -0.05) is 24.3 Å². The Labute approximate surface area is 156 Å². The van der Waals surface area contributed by atoms with Crippen LogP contribution in [0, 0.1) is 0 Å². The van der Waals surface area contributed by atoms with E-state index in [9.17, 15) is 19.5 Å². The quantitative estimate of drug-likeness (QED) is 0.608. The van der Waals surface area contributed by atoms with Crippen molar-refractivity contribution >= 4 is 23.4 Å². The molecule has 0 unspecified atom stereocenters. The second-order valence-electron chi connectivity index (χ2n) is 6.31. The molecule has 2 aromatic carbocycles. The standard InChI is InChI=1S/C20H21N3O4/c1-2-21-18(25)12-7-9-14(10-8-12)22-19(26)20(27)23-17-15-6-4-3-5-13(15)11-16(17)24/h3-10,16-17,24H,2,11H2,1H3,(H,21,25)(H,22,26)(H,23,27)/t16-,17-/m1/s1. The lowest BCUT2D eigenvalue weighted by Crippen LogP contribution is -2.40. The van der Waals surface area contributed by atoms with Crippen LogP contribution in [-0.2, 0) is 16.0 Å². The van der Waals surface area contributed by atoms with E-state index in [0.717, 1.165) is 11.1 Å². The summed E-state index contributed by atoms with van der Waals surface area (Å²) in [4.78, 5) is 36.1. The van der Waals surface area contributed by atoms with Gasteiger partial charge in [-0.15, -0.1) is 0 Å². The summed E-state index contributed by atoms with van der Waals surface area (Å²) >= 11 is 0. The van der Waals surface area contributed by atoms with Crippen molar-refractivity contribution in [1.82, 2.24) is 10.6 Å². The number of fused-ring (bicyclic) bond motifs is 1. The number of benzene rings is 2. The molecule has 3 rings (SSSR count). The van der Waals surface area contributed by atoms with Crippen molar-refractivity contribution < 1.29 is 19.5 Å². The van der Waals surface area contributed by atoms with E-state index in [-0.39, 0.29) is 5.91 Å². The first-order valence-electron chi connectivity index (χ1n) is 8.75. The second kappa shape index (κ2) is 8.01. The van der Waals surface area contributed by atoms with Gasteiger partial charge >= 0.3 is 11.8 Å². The van der Waals surface area contributed by atoms with Crippen LogP contribution >= 0.6 is 0 Å². The van der Waals surface area contributed by atoms with Gasteiger partial charge in [0.1, 0.15) is 0 Å². The molecule has 0 heterocycles. The molecular weight excluding hydrogens is 346 g/mol. The predicted octanol–water partition coefficient (Wildman–Crippen LogP) is 1.15. The maximum absolute atomic E-state index is 12.2. The largest absolute Gasteiger partial charge is 0.390 e. The van der Waals surface area contributed by atoms with Gasteiger partial charge in [-0.2, -0.15) is 0 Å². The number of hydrogen-bond acceptors (Lipinski definition) is 4. The fraction of sp³-hybridized carbons (Fsp3) is 0.250. The number of amides is 3. The molecule has 1 aliphatic rings. The fourth-order valence-corrected chi connectivity index (χ4v) is 3.11. The summed E-state index contributed by atoms with van der Waals surface area (Å²) in [5.41, 5.74) is 2.63. The van der Waals surface area contributed by atoms with E-state index in [4.69, 9.17) is 0 Å². The highest BCUT2D eigenvalue weighted by atomic mass is 16.3. The minimum atomic E-state index is -0.836. The third-order valence-electron chi connectivity index (χ3n) is 4.44. The number of carbonyl (C=O) groups excluding carboxylic acids is 3. The van der Waals surface area contributed by atoms with E-state index in [0.29, 0.717) is 24.2 Å². The van der Waals surface area contributed by atoms with Crippen molar-refractivity contribution in [2.75, 3.05) is 11.9 Å². The number of hydrogen-bond donors (Lipinski definition) is 4. The highest BCUT2D eigenvalue weighted by Gasteiger charge is 2.33. The van der Waals surface area contributed by atoms with Gasteiger partial charge in [0, 0.05) is 24.2 Å². The van der Waals surface area contributed by atoms with Crippen molar-refractivity contribution in [1.29, 1.82) is 0 Å². The molecule has 7 nitrogen and oxygen atoms in total. The van der Waals surface area contributed by atoms with Crippen molar-refractivity contribution in [3.05, 3.63) is 65.2 Å². The Bertz CT molecular complexity index is 864. The van der Waals surface area contributed by atoms with Crippen molar-refractivity contribution in [3.8, 4) is 0 Å². The highest BCUT2D eigenvalue weighted by molar-refractivity contribution is 6.39. The first kappa shape index (κ1) is 18.6. The summed E-state index contributed by atoms with van der Waals surface area (Å²) in [5, 5.41) is 17.9. The number of rotatable bonds is 4. The third-order valence-corrected chi connectivity index (χ3v) is 4.44. The third kappa shape index (κ3) is 4.15. The molecule has 0 saturated carbocycles. The smallest absolute Gasteiger partial charge is 0.313 e. The van der Waals surface area contributed by atoms with Gasteiger partial charge in [0.25, 0.3) is 5.91 Å². The fourth-order valence-electron chi connectivity index (χ4n) is 3.11. The molecule has 0 aromatic heterocycles. The van der Waals surface area contributed by atoms with Crippen molar-refractivity contribution in [2.24, 2.45) is 0 Å². The van der Waals surface area contributed by atoms with Gasteiger partial charge in [-0.3, -0.25) is 14.4 Å². The number of carbonyl (C=O) groups is 3. The van der Waals surface area contributed by atoms with Crippen LogP contribution in [0.3, 0.4) is 0 Å². The Morgan fingerprint density at radius 2 is 1.74 bits per heavy atom. The predicted molar refractivity (Wildman–Crippen MR) is 100 cm³/mol. The van der Waals surface area contributed by atoms with Crippen LogP contribution in [0.2, 0.25) is 0 Å². The Balaban J connectivity index is 1.61. The summed E-state index contributed by atoms with van der Waals surface area (Å²) < 4.78 is 0.